The van der Waals surface area contributed by atoms with E-state index in [1.165, 1.54) is 0 Å². The Bertz CT molecular complexity index is 215. The molecule has 0 amide bonds. The van der Waals surface area contributed by atoms with Crippen molar-refractivity contribution >= 4 is 21.8 Å². The van der Waals surface area contributed by atoms with E-state index < -0.39 is 20.7 Å². The average molecular weight is 245 g/mol. The molecule has 0 unspecified atom stereocenters. The molecule has 0 spiro atoms. The van der Waals surface area contributed by atoms with Crippen molar-refractivity contribution < 1.29 is 19.4 Å². The summed E-state index contributed by atoms with van der Waals surface area (Å²) in [5.74, 6) is 0. The highest BCUT2D eigenvalue weighted by molar-refractivity contribution is 8.48. The molecular formula is C6H10ClF5S. The van der Waals surface area contributed by atoms with E-state index in [0.29, 0.717) is 12.8 Å². The molecule has 0 atom stereocenters. The van der Waals surface area contributed by atoms with Crippen molar-refractivity contribution in [3.8, 4) is 0 Å². The van der Waals surface area contributed by atoms with E-state index in [1.807, 2.05) is 0 Å². The number of rotatable bonds is 4. The van der Waals surface area contributed by atoms with Gasteiger partial charge in [-0.15, -0.1) is 0 Å². The van der Waals surface area contributed by atoms with Crippen LogP contribution in [-0.2, 0) is 0 Å². The van der Waals surface area contributed by atoms with Crippen molar-refractivity contribution in [2.24, 2.45) is 0 Å². The summed E-state index contributed by atoms with van der Waals surface area (Å²) in [5.41, 5.74) is 0. The smallest absolute Gasteiger partial charge is 0.0941 e. The van der Waals surface area contributed by atoms with Gasteiger partial charge in [0, 0.05) is 5.03 Å². The first-order valence-electron chi connectivity index (χ1n) is 3.55. The first-order chi connectivity index (χ1) is 5.43. The van der Waals surface area contributed by atoms with Gasteiger partial charge >= 0.3 is 10.2 Å². The highest BCUT2D eigenvalue weighted by atomic mass is 35.5. The Labute approximate surface area is 78.5 Å². The lowest BCUT2D eigenvalue weighted by atomic mass is 10.2. The summed E-state index contributed by atoms with van der Waals surface area (Å²) in [6.45, 7) is 1.73. The van der Waals surface area contributed by atoms with Crippen molar-refractivity contribution in [1.29, 1.82) is 0 Å². The van der Waals surface area contributed by atoms with Gasteiger partial charge in [-0.25, -0.2) is 0 Å². The van der Waals surface area contributed by atoms with Gasteiger partial charge in [0.15, 0.2) is 0 Å². The average Bonchev–Trinajstić information content (AvgIpc) is 1.75. The third-order valence-electron chi connectivity index (χ3n) is 1.12. The zero-order chi connectivity index (χ0) is 10.8. The fourth-order valence-electron chi connectivity index (χ4n) is 0.646. The van der Waals surface area contributed by atoms with Crippen LogP contribution < -0.4 is 0 Å². The monoisotopic (exact) mass is 244 g/mol. The lowest BCUT2D eigenvalue weighted by Gasteiger charge is -2.37. The van der Waals surface area contributed by atoms with Gasteiger partial charge in [0.05, 0.1) is 5.41 Å². The van der Waals surface area contributed by atoms with Crippen LogP contribution in [0.15, 0.2) is 10.4 Å². The molecule has 0 rings (SSSR count). The van der Waals surface area contributed by atoms with Crippen LogP contribution in [0.3, 0.4) is 0 Å². The number of unbranched alkanes of at least 4 members (excludes halogenated alkanes) is 1. The Morgan fingerprint density at radius 1 is 1.23 bits per heavy atom. The van der Waals surface area contributed by atoms with Gasteiger partial charge in [-0.05, 0) is 12.8 Å². The van der Waals surface area contributed by atoms with Crippen LogP contribution >= 0.6 is 21.8 Å². The highest BCUT2D eigenvalue weighted by Crippen LogP contribution is 2.99. The van der Waals surface area contributed by atoms with Gasteiger partial charge in [0.25, 0.3) is 0 Å². The maximum atomic E-state index is 11.7. The summed E-state index contributed by atoms with van der Waals surface area (Å²) in [6, 6.07) is 0. The highest BCUT2D eigenvalue weighted by Gasteiger charge is 2.61. The van der Waals surface area contributed by atoms with E-state index in [9.17, 15) is 19.4 Å². The topological polar surface area (TPSA) is 0 Å². The van der Waals surface area contributed by atoms with Crippen LogP contribution in [0.1, 0.15) is 26.2 Å². The van der Waals surface area contributed by atoms with E-state index in [2.05, 4.69) is 0 Å². The Balaban J connectivity index is 4.58. The number of hydrogen-bond donors (Lipinski definition) is 0. The maximum Gasteiger partial charge on any atom is 0.305 e. The molecule has 0 nitrogen and oxygen atoms in total. The van der Waals surface area contributed by atoms with Gasteiger partial charge in [-0.2, -0.15) is 0 Å². The number of allylic oxidation sites excluding steroid dienone is 1. The minimum absolute atomic E-state index is 0.163. The third-order valence-corrected chi connectivity index (χ3v) is 2.28. The van der Waals surface area contributed by atoms with Gasteiger partial charge in [0.1, 0.15) is 0 Å². The van der Waals surface area contributed by atoms with Gasteiger partial charge in [0.2, 0.25) is 0 Å². The Morgan fingerprint density at radius 2 is 1.69 bits per heavy atom. The van der Waals surface area contributed by atoms with Gasteiger partial charge in [-0.1, -0.05) is 44.4 Å². The van der Waals surface area contributed by atoms with Crippen molar-refractivity contribution in [2.75, 3.05) is 0 Å². The molecule has 0 aromatic carbocycles. The van der Waals surface area contributed by atoms with Crippen LogP contribution in [-0.4, -0.2) is 0 Å². The van der Waals surface area contributed by atoms with Crippen LogP contribution in [0, 0.1) is 0 Å². The Hall–Kier alpha value is 0.0300. The molecule has 0 bridgehead atoms. The molecular weight excluding hydrogens is 235 g/mol. The molecule has 7 heteroatoms. The molecule has 0 heterocycles. The van der Waals surface area contributed by atoms with Crippen molar-refractivity contribution in [1.82, 2.24) is 0 Å². The molecule has 0 radical (unpaired) electrons. The normalized spacial score (nSPS) is 19.5. The van der Waals surface area contributed by atoms with Crippen molar-refractivity contribution in [3.63, 3.8) is 0 Å². The molecule has 0 aromatic heterocycles. The maximum absolute atomic E-state index is 11.7. The number of halogens is 6. The fraction of sp³-hybridized carbons (Fsp3) is 0.667. The summed E-state index contributed by atoms with van der Waals surface area (Å²) in [6.07, 6.45) is 0.803. The summed E-state index contributed by atoms with van der Waals surface area (Å²) in [5, 5.41) is -1.86. The molecule has 13 heavy (non-hydrogen) atoms. The summed E-state index contributed by atoms with van der Waals surface area (Å²) in [7, 11) is -9.45. The van der Waals surface area contributed by atoms with Crippen LogP contribution in [0.2, 0.25) is 0 Å². The van der Waals surface area contributed by atoms with E-state index >= 15 is 0 Å². The zero-order valence-corrected chi connectivity index (χ0v) is 8.45. The molecule has 0 N–H and O–H groups in total. The zero-order valence-electron chi connectivity index (χ0n) is 6.87. The summed E-state index contributed by atoms with van der Waals surface area (Å²) in [4.78, 5) is 0. The van der Waals surface area contributed by atoms with Crippen molar-refractivity contribution in [2.45, 2.75) is 26.2 Å². The second-order valence-electron chi connectivity index (χ2n) is 2.70. The number of hydrogen-bond acceptors (Lipinski definition) is 0. The SMILES string of the molecule is CCCCC(Cl)=CS(F)(F)(F)(F)F. The molecule has 0 saturated carbocycles. The van der Waals surface area contributed by atoms with Crippen LogP contribution in [0.25, 0.3) is 0 Å². The quantitative estimate of drug-likeness (QED) is 0.568. The van der Waals surface area contributed by atoms with E-state index in [1.54, 1.807) is 6.92 Å². The van der Waals surface area contributed by atoms with E-state index in [-0.39, 0.29) is 6.42 Å². The van der Waals surface area contributed by atoms with E-state index in [0.717, 1.165) is 0 Å². The molecule has 0 aliphatic heterocycles. The summed E-state index contributed by atoms with van der Waals surface area (Å²) >= 11 is 5.01. The Morgan fingerprint density at radius 3 is 2.00 bits per heavy atom. The third kappa shape index (κ3) is 9.95. The molecule has 82 valence electrons. The largest absolute Gasteiger partial charge is 0.305 e. The summed E-state index contributed by atoms with van der Waals surface area (Å²) < 4.78 is 58.7. The molecule has 0 aromatic rings. The predicted molar refractivity (Wildman–Crippen MR) is 46.6 cm³/mol. The molecule has 0 fully saturated rings. The standard InChI is InChI=1S/C6H10ClF5S/c1-2-3-4-6(7)5-13(8,9,10,11)12/h5H,2-4H2,1H3. The molecule has 0 aliphatic rings. The van der Waals surface area contributed by atoms with Crippen LogP contribution in [0.4, 0.5) is 19.4 Å². The predicted octanol–water partition coefficient (Wildman–Crippen LogP) is 5.56. The second kappa shape index (κ2) is 3.02. The minimum atomic E-state index is -9.45. The first-order valence-corrected chi connectivity index (χ1v) is 5.94. The molecule has 0 saturated heterocycles. The van der Waals surface area contributed by atoms with Gasteiger partial charge in [-0.3, -0.25) is 0 Å². The van der Waals surface area contributed by atoms with E-state index in [4.69, 9.17) is 11.6 Å². The first kappa shape index (κ1) is 13.0. The second-order valence-corrected chi connectivity index (χ2v) is 5.48. The van der Waals surface area contributed by atoms with Crippen LogP contribution in [0.5, 0.6) is 0 Å². The Kier molecular flexibility index (Phi) is 3.02. The lowest BCUT2D eigenvalue weighted by Crippen LogP contribution is -2.00. The molecule has 0 aliphatic carbocycles. The minimum Gasteiger partial charge on any atom is -0.0941 e. The van der Waals surface area contributed by atoms with Crippen molar-refractivity contribution in [3.05, 3.63) is 10.4 Å². The fourth-order valence-corrected chi connectivity index (χ4v) is 1.89. The van der Waals surface area contributed by atoms with Gasteiger partial charge < -0.3 is 0 Å². The lowest BCUT2D eigenvalue weighted by molar-refractivity contribution is 0.384.